The number of rotatable bonds is 2. The molecule has 4 heteroatoms. The van der Waals surface area contributed by atoms with Crippen molar-refractivity contribution >= 4 is 12.6 Å². The normalized spacial score (nSPS) is 9.50. The average molecular weight is 170 g/mol. The molecule has 0 saturated heterocycles. The van der Waals surface area contributed by atoms with Crippen LogP contribution in [0, 0.1) is 11.6 Å². The van der Waals surface area contributed by atoms with Crippen LogP contribution in [0.1, 0.15) is 20.7 Å². The number of hydrogen-bond acceptors (Lipinski definition) is 2. The molecule has 0 spiro atoms. The number of halogens is 2. The second kappa shape index (κ2) is 3.21. The lowest BCUT2D eigenvalue weighted by Gasteiger charge is -1.97. The van der Waals surface area contributed by atoms with Gasteiger partial charge in [-0.15, -0.1) is 0 Å². The van der Waals surface area contributed by atoms with Gasteiger partial charge in [-0.05, 0) is 12.1 Å². The summed E-state index contributed by atoms with van der Waals surface area (Å²) in [6, 6.07) is 2.10. The largest absolute Gasteiger partial charge is 0.298 e. The highest BCUT2D eigenvalue weighted by molar-refractivity contribution is 5.80. The zero-order chi connectivity index (χ0) is 9.14. The van der Waals surface area contributed by atoms with Crippen molar-refractivity contribution in [3.63, 3.8) is 0 Å². The van der Waals surface area contributed by atoms with Gasteiger partial charge in [0.1, 0.15) is 0 Å². The van der Waals surface area contributed by atoms with Gasteiger partial charge < -0.3 is 0 Å². The van der Waals surface area contributed by atoms with Crippen molar-refractivity contribution in [2.24, 2.45) is 0 Å². The molecule has 0 N–H and O–H groups in total. The second-order valence-corrected chi connectivity index (χ2v) is 2.11. The zero-order valence-electron chi connectivity index (χ0n) is 5.88. The van der Waals surface area contributed by atoms with Gasteiger partial charge in [0, 0.05) is 0 Å². The van der Waals surface area contributed by atoms with Crippen LogP contribution in [0.5, 0.6) is 0 Å². The molecule has 0 aromatic heterocycles. The van der Waals surface area contributed by atoms with Crippen LogP contribution in [0.2, 0.25) is 0 Å². The van der Waals surface area contributed by atoms with Gasteiger partial charge in [0.05, 0.1) is 11.1 Å². The molecular formula is C8H4F2O2. The Kier molecular flexibility index (Phi) is 2.28. The second-order valence-electron chi connectivity index (χ2n) is 2.11. The quantitative estimate of drug-likeness (QED) is 0.631. The number of benzene rings is 1. The molecule has 1 aromatic carbocycles. The molecule has 12 heavy (non-hydrogen) atoms. The molecule has 2 nitrogen and oxygen atoms in total. The minimum atomic E-state index is -1.28. The van der Waals surface area contributed by atoms with E-state index in [0.29, 0.717) is 0 Å². The Morgan fingerprint density at radius 3 is 1.50 bits per heavy atom. The third-order valence-corrected chi connectivity index (χ3v) is 1.40. The molecule has 0 bridgehead atoms. The molecule has 1 aromatic rings. The Morgan fingerprint density at radius 1 is 0.917 bits per heavy atom. The van der Waals surface area contributed by atoms with E-state index in [9.17, 15) is 18.4 Å². The predicted octanol–water partition coefficient (Wildman–Crippen LogP) is 1.59. The molecule has 0 fully saturated rings. The summed E-state index contributed by atoms with van der Waals surface area (Å²) in [5.74, 6) is -2.57. The van der Waals surface area contributed by atoms with Crippen molar-refractivity contribution < 1.29 is 18.4 Å². The lowest BCUT2D eigenvalue weighted by Crippen LogP contribution is -1.97. The number of carbonyl (C=O) groups excluding carboxylic acids is 2. The van der Waals surface area contributed by atoms with E-state index in [1.807, 2.05) is 0 Å². The van der Waals surface area contributed by atoms with E-state index in [4.69, 9.17) is 0 Å². The first-order valence-corrected chi connectivity index (χ1v) is 3.09. The topological polar surface area (TPSA) is 34.1 Å². The van der Waals surface area contributed by atoms with Crippen LogP contribution >= 0.6 is 0 Å². The van der Waals surface area contributed by atoms with Crippen LogP contribution in [0.15, 0.2) is 12.1 Å². The first-order chi connectivity index (χ1) is 5.70. The van der Waals surface area contributed by atoms with Gasteiger partial charge in [-0.1, -0.05) is 0 Å². The third kappa shape index (κ3) is 1.23. The smallest absolute Gasteiger partial charge is 0.170 e. The molecule has 62 valence electrons. The summed E-state index contributed by atoms with van der Waals surface area (Å²) in [7, 11) is 0. The van der Waals surface area contributed by atoms with Gasteiger partial charge in [0.2, 0.25) is 0 Å². The fourth-order valence-electron chi connectivity index (χ4n) is 0.761. The van der Waals surface area contributed by atoms with Crippen molar-refractivity contribution in [3.05, 3.63) is 34.9 Å². The van der Waals surface area contributed by atoms with Gasteiger partial charge in [0.25, 0.3) is 0 Å². The maximum Gasteiger partial charge on any atom is 0.170 e. The first kappa shape index (κ1) is 8.52. The highest BCUT2D eigenvalue weighted by Crippen LogP contribution is 2.13. The van der Waals surface area contributed by atoms with E-state index in [2.05, 4.69) is 0 Å². The Labute approximate surface area is 66.8 Å². The maximum absolute atomic E-state index is 12.7. The minimum Gasteiger partial charge on any atom is -0.298 e. The summed E-state index contributed by atoms with van der Waals surface area (Å²) in [6.45, 7) is 0. The standard InChI is InChI=1S/C8H4F2O2/c9-7-5(3-11)1-2-6(4-12)8(7)10/h1-4H. The van der Waals surface area contributed by atoms with Crippen molar-refractivity contribution in [1.29, 1.82) is 0 Å². The molecule has 0 atom stereocenters. The SMILES string of the molecule is O=Cc1ccc(C=O)c(F)c1F. The molecule has 0 heterocycles. The van der Waals surface area contributed by atoms with Gasteiger partial charge in [-0.25, -0.2) is 8.78 Å². The summed E-state index contributed by atoms with van der Waals surface area (Å²) in [6.07, 6.45) is 0.375. The van der Waals surface area contributed by atoms with Crippen molar-refractivity contribution in [1.82, 2.24) is 0 Å². The summed E-state index contributed by atoms with van der Waals surface area (Å²) in [4.78, 5) is 20.2. The highest BCUT2D eigenvalue weighted by Gasteiger charge is 2.11. The van der Waals surface area contributed by atoms with Gasteiger partial charge >= 0.3 is 0 Å². The van der Waals surface area contributed by atoms with Crippen LogP contribution in [0.3, 0.4) is 0 Å². The minimum absolute atomic E-state index is 0.187. The van der Waals surface area contributed by atoms with Crippen LogP contribution in [0.25, 0.3) is 0 Å². The molecule has 0 aliphatic rings. The molecule has 0 aliphatic heterocycles. The fourth-order valence-corrected chi connectivity index (χ4v) is 0.761. The molecular weight excluding hydrogens is 166 g/mol. The Balaban J connectivity index is 3.38. The van der Waals surface area contributed by atoms with Crippen molar-refractivity contribution in [2.45, 2.75) is 0 Å². The lowest BCUT2D eigenvalue weighted by molar-refractivity contribution is 0.110. The van der Waals surface area contributed by atoms with E-state index in [1.165, 1.54) is 0 Å². The summed E-state index contributed by atoms with van der Waals surface area (Å²) < 4.78 is 25.4. The van der Waals surface area contributed by atoms with E-state index in [1.54, 1.807) is 0 Å². The monoisotopic (exact) mass is 170 g/mol. The molecule has 0 unspecified atom stereocenters. The number of carbonyl (C=O) groups is 2. The molecule has 1 rings (SSSR count). The van der Waals surface area contributed by atoms with E-state index in [0.717, 1.165) is 12.1 Å². The van der Waals surface area contributed by atoms with Crippen LogP contribution in [0.4, 0.5) is 8.78 Å². The summed E-state index contributed by atoms with van der Waals surface area (Å²) >= 11 is 0. The average Bonchev–Trinajstić information content (AvgIpc) is 2.10. The molecule has 0 saturated carbocycles. The predicted molar refractivity (Wildman–Crippen MR) is 37.1 cm³/mol. The van der Waals surface area contributed by atoms with Crippen molar-refractivity contribution in [3.8, 4) is 0 Å². The van der Waals surface area contributed by atoms with Crippen LogP contribution in [-0.2, 0) is 0 Å². The first-order valence-electron chi connectivity index (χ1n) is 3.09. The third-order valence-electron chi connectivity index (χ3n) is 1.40. The van der Waals surface area contributed by atoms with E-state index >= 15 is 0 Å². The lowest BCUT2D eigenvalue weighted by atomic mass is 10.1. The van der Waals surface area contributed by atoms with Crippen LogP contribution in [-0.4, -0.2) is 12.6 Å². The fraction of sp³-hybridized carbons (Fsp3) is 0. The molecule has 0 aliphatic carbocycles. The number of hydrogen-bond donors (Lipinski definition) is 0. The van der Waals surface area contributed by atoms with Gasteiger partial charge in [-0.2, -0.15) is 0 Å². The summed E-state index contributed by atoms with van der Waals surface area (Å²) in [5, 5.41) is 0. The van der Waals surface area contributed by atoms with E-state index in [-0.39, 0.29) is 12.6 Å². The molecule has 0 amide bonds. The number of aldehydes is 2. The molecule has 0 radical (unpaired) electrons. The Bertz CT molecular complexity index is 301. The van der Waals surface area contributed by atoms with E-state index < -0.39 is 22.8 Å². The Hall–Kier alpha value is -1.58. The van der Waals surface area contributed by atoms with Crippen LogP contribution < -0.4 is 0 Å². The van der Waals surface area contributed by atoms with Crippen molar-refractivity contribution in [2.75, 3.05) is 0 Å². The maximum atomic E-state index is 12.7. The Morgan fingerprint density at radius 2 is 1.25 bits per heavy atom. The van der Waals surface area contributed by atoms with Gasteiger partial charge in [-0.3, -0.25) is 9.59 Å². The summed E-state index contributed by atoms with van der Waals surface area (Å²) in [5.41, 5.74) is -0.781. The highest BCUT2D eigenvalue weighted by atomic mass is 19.2. The van der Waals surface area contributed by atoms with Gasteiger partial charge in [0.15, 0.2) is 24.2 Å². The zero-order valence-corrected chi connectivity index (χ0v) is 5.88.